The molecular formula is C21H26N6O. The quantitative estimate of drug-likeness (QED) is 0.750. The van der Waals surface area contributed by atoms with E-state index in [0.717, 1.165) is 68.5 Å². The van der Waals surface area contributed by atoms with Gasteiger partial charge in [0.15, 0.2) is 0 Å². The Balaban J connectivity index is 1.40. The van der Waals surface area contributed by atoms with Crippen molar-refractivity contribution in [2.45, 2.75) is 19.0 Å². The molecule has 5 heterocycles. The van der Waals surface area contributed by atoms with E-state index < -0.39 is 0 Å². The maximum absolute atomic E-state index is 5.77. The number of piperazine rings is 1. The Morgan fingerprint density at radius 3 is 3.00 bits per heavy atom. The number of pyridine rings is 2. The van der Waals surface area contributed by atoms with Crippen molar-refractivity contribution in [1.29, 1.82) is 0 Å². The Morgan fingerprint density at radius 2 is 2.11 bits per heavy atom. The molecule has 0 bridgehead atoms. The van der Waals surface area contributed by atoms with Crippen LogP contribution in [-0.4, -0.2) is 59.1 Å². The molecule has 0 aliphatic carbocycles. The average Bonchev–Trinajstić information content (AvgIpc) is 3.16. The van der Waals surface area contributed by atoms with Gasteiger partial charge in [0.2, 0.25) is 0 Å². The first-order valence-electron chi connectivity index (χ1n) is 10.0. The Morgan fingerprint density at radius 1 is 1.21 bits per heavy atom. The normalized spacial score (nSPS) is 19.6. The van der Waals surface area contributed by atoms with Crippen LogP contribution in [0.2, 0.25) is 0 Å². The second-order valence-corrected chi connectivity index (χ2v) is 7.54. The third kappa shape index (κ3) is 3.21. The van der Waals surface area contributed by atoms with E-state index in [9.17, 15) is 0 Å². The van der Waals surface area contributed by atoms with Crippen LogP contribution < -0.4 is 15.0 Å². The van der Waals surface area contributed by atoms with Crippen LogP contribution in [0, 0.1) is 0 Å². The standard InChI is InChI=1S/C21H26N6O/c1-25(17-7-13-28-18-4-3-8-23-21(17)18)14-16-15-27-19(24-16)5-2-6-20(27)26-11-9-22-10-12-26/h2-6,8,15,17,22H,7,9-14H2,1H3. The van der Waals surface area contributed by atoms with Gasteiger partial charge in [-0.05, 0) is 31.3 Å². The number of aromatic nitrogens is 3. The van der Waals surface area contributed by atoms with Gasteiger partial charge in [-0.3, -0.25) is 14.3 Å². The van der Waals surface area contributed by atoms with Gasteiger partial charge >= 0.3 is 0 Å². The van der Waals surface area contributed by atoms with Crippen LogP contribution in [0.4, 0.5) is 5.82 Å². The van der Waals surface area contributed by atoms with Gasteiger partial charge < -0.3 is 15.0 Å². The molecule has 146 valence electrons. The Kier molecular flexibility index (Phi) is 4.62. The van der Waals surface area contributed by atoms with Gasteiger partial charge in [0.05, 0.1) is 24.0 Å². The molecule has 0 aromatic carbocycles. The van der Waals surface area contributed by atoms with Crippen LogP contribution in [0.3, 0.4) is 0 Å². The van der Waals surface area contributed by atoms with Gasteiger partial charge in [-0.25, -0.2) is 4.98 Å². The third-order valence-corrected chi connectivity index (χ3v) is 5.67. The summed E-state index contributed by atoms with van der Waals surface area (Å²) in [6, 6.07) is 10.6. The number of imidazole rings is 1. The van der Waals surface area contributed by atoms with Crippen molar-refractivity contribution in [2.24, 2.45) is 0 Å². The number of nitrogens with one attached hydrogen (secondary N) is 1. The van der Waals surface area contributed by atoms with E-state index in [-0.39, 0.29) is 6.04 Å². The second kappa shape index (κ2) is 7.41. The Labute approximate surface area is 165 Å². The Hall–Kier alpha value is -2.64. The van der Waals surface area contributed by atoms with E-state index >= 15 is 0 Å². The maximum Gasteiger partial charge on any atom is 0.142 e. The monoisotopic (exact) mass is 378 g/mol. The van der Waals surface area contributed by atoms with Crippen LogP contribution >= 0.6 is 0 Å². The lowest BCUT2D eigenvalue weighted by molar-refractivity contribution is 0.155. The predicted octanol–water partition coefficient (Wildman–Crippen LogP) is 2.09. The zero-order chi connectivity index (χ0) is 18.9. The largest absolute Gasteiger partial charge is 0.492 e. The molecule has 7 nitrogen and oxygen atoms in total. The average molecular weight is 378 g/mol. The van der Waals surface area contributed by atoms with Gasteiger partial charge in [0.1, 0.15) is 17.2 Å². The SMILES string of the molecule is CN(Cc1cn2c(N3CCNCC3)cccc2n1)C1CCOc2cccnc21. The summed E-state index contributed by atoms with van der Waals surface area (Å²) >= 11 is 0. The van der Waals surface area contributed by atoms with E-state index in [1.165, 1.54) is 5.82 Å². The topological polar surface area (TPSA) is 57.9 Å². The van der Waals surface area contributed by atoms with E-state index in [0.29, 0.717) is 0 Å². The van der Waals surface area contributed by atoms with Gasteiger partial charge in [-0.15, -0.1) is 0 Å². The minimum absolute atomic E-state index is 0.252. The molecule has 1 fully saturated rings. The van der Waals surface area contributed by atoms with Crippen molar-refractivity contribution in [2.75, 3.05) is 44.7 Å². The number of hydrogen-bond acceptors (Lipinski definition) is 6. The lowest BCUT2D eigenvalue weighted by Crippen LogP contribution is -2.44. The molecule has 1 unspecified atom stereocenters. The summed E-state index contributed by atoms with van der Waals surface area (Å²) in [6.45, 7) is 5.61. The first-order valence-corrected chi connectivity index (χ1v) is 10.0. The fraction of sp³-hybridized carbons (Fsp3) is 0.429. The fourth-order valence-corrected chi connectivity index (χ4v) is 4.26. The van der Waals surface area contributed by atoms with Crippen molar-refractivity contribution >= 4 is 11.5 Å². The zero-order valence-electron chi connectivity index (χ0n) is 16.2. The summed E-state index contributed by atoms with van der Waals surface area (Å²) in [5.74, 6) is 2.13. The van der Waals surface area contributed by atoms with Gasteiger partial charge in [0.25, 0.3) is 0 Å². The van der Waals surface area contributed by atoms with Gasteiger partial charge in [0, 0.05) is 51.5 Å². The van der Waals surface area contributed by atoms with Crippen LogP contribution in [0.25, 0.3) is 5.65 Å². The first-order chi connectivity index (χ1) is 13.8. The van der Waals surface area contributed by atoms with Crippen molar-refractivity contribution in [3.63, 3.8) is 0 Å². The van der Waals surface area contributed by atoms with Crippen LogP contribution in [-0.2, 0) is 6.54 Å². The summed E-state index contributed by atoms with van der Waals surface area (Å²) < 4.78 is 7.99. The highest BCUT2D eigenvalue weighted by atomic mass is 16.5. The predicted molar refractivity (Wildman–Crippen MR) is 109 cm³/mol. The van der Waals surface area contributed by atoms with Gasteiger partial charge in [-0.2, -0.15) is 0 Å². The van der Waals surface area contributed by atoms with Crippen LogP contribution in [0.5, 0.6) is 5.75 Å². The minimum atomic E-state index is 0.252. The second-order valence-electron chi connectivity index (χ2n) is 7.54. The minimum Gasteiger partial charge on any atom is -0.492 e. The number of hydrogen-bond donors (Lipinski definition) is 1. The molecule has 0 spiro atoms. The molecule has 0 saturated carbocycles. The number of fused-ring (bicyclic) bond motifs is 2. The summed E-state index contributed by atoms with van der Waals surface area (Å²) in [6.07, 6.45) is 4.97. The van der Waals surface area contributed by atoms with E-state index in [1.807, 2.05) is 18.3 Å². The summed E-state index contributed by atoms with van der Waals surface area (Å²) in [5.41, 5.74) is 3.11. The zero-order valence-corrected chi connectivity index (χ0v) is 16.2. The maximum atomic E-state index is 5.77. The molecular weight excluding hydrogens is 352 g/mol. The third-order valence-electron chi connectivity index (χ3n) is 5.67. The van der Waals surface area contributed by atoms with Crippen molar-refractivity contribution in [1.82, 2.24) is 24.6 Å². The molecule has 1 atom stereocenters. The molecule has 0 radical (unpaired) electrons. The highest BCUT2D eigenvalue weighted by Gasteiger charge is 2.26. The molecule has 7 heteroatoms. The highest BCUT2D eigenvalue weighted by molar-refractivity contribution is 5.53. The molecule has 3 aromatic rings. The molecule has 2 aliphatic rings. The Bertz CT molecular complexity index is 964. The molecule has 3 aromatic heterocycles. The lowest BCUT2D eigenvalue weighted by Gasteiger charge is -2.31. The first kappa shape index (κ1) is 17.5. The van der Waals surface area contributed by atoms with E-state index in [4.69, 9.17) is 9.72 Å². The lowest BCUT2D eigenvalue weighted by atomic mass is 10.1. The molecule has 0 amide bonds. The van der Waals surface area contributed by atoms with Crippen molar-refractivity contribution in [3.05, 3.63) is 54.1 Å². The van der Waals surface area contributed by atoms with E-state index in [1.54, 1.807) is 0 Å². The molecule has 28 heavy (non-hydrogen) atoms. The molecule has 1 saturated heterocycles. The summed E-state index contributed by atoms with van der Waals surface area (Å²) in [5, 5.41) is 3.42. The van der Waals surface area contributed by atoms with E-state index in [2.05, 4.69) is 55.9 Å². The number of ether oxygens (including phenoxy) is 1. The highest BCUT2D eigenvalue weighted by Crippen LogP contribution is 2.34. The molecule has 2 aliphatic heterocycles. The fourth-order valence-electron chi connectivity index (χ4n) is 4.26. The smallest absolute Gasteiger partial charge is 0.142 e. The molecule has 5 rings (SSSR count). The van der Waals surface area contributed by atoms with Crippen LogP contribution in [0.1, 0.15) is 23.9 Å². The van der Waals surface area contributed by atoms with Crippen LogP contribution in [0.15, 0.2) is 42.7 Å². The van der Waals surface area contributed by atoms with Crippen molar-refractivity contribution < 1.29 is 4.74 Å². The molecule has 1 N–H and O–H groups in total. The number of anilines is 1. The van der Waals surface area contributed by atoms with Crippen molar-refractivity contribution in [3.8, 4) is 5.75 Å². The number of nitrogens with zero attached hydrogens (tertiary/aromatic N) is 5. The van der Waals surface area contributed by atoms with Gasteiger partial charge in [-0.1, -0.05) is 6.07 Å². The summed E-state index contributed by atoms with van der Waals surface area (Å²) in [4.78, 5) is 14.2. The number of rotatable bonds is 4. The summed E-state index contributed by atoms with van der Waals surface area (Å²) in [7, 11) is 2.15.